The number of hydrogen-bond donors (Lipinski definition) is 1. The van der Waals surface area contributed by atoms with Crippen LogP contribution >= 0.6 is 11.8 Å². The summed E-state index contributed by atoms with van der Waals surface area (Å²) in [5.74, 6) is 0.238. The zero-order valence-corrected chi connectivity index (χ0v) is 15.6. The second kappa shape index (κ2) is 8.93. The van der Waals surface area contributed by atoms with Crippen LogP contribution in [-0.2, 0) is 4.79 Å². The third kappa shape index (κ3) is 5.13. The molecule has 0 saturated heterocycles. The normalized spacial score (nSPS) is 11.3. The maximum absolute atomic E-state index is 12.6. The maximum Gasteiger partial charge on any atom is 0.265 e. The molecule has 1 unspecified atom stereocenters. The Morgan fingerprint density at radius 2 is 1.78 bits per heavy atom. The first-order chi connectivity index (χ1) is 13.2. The molecule has 0 aliphatic carbocycles. The molecule has 1 N–H and O–H groups in total. The van der Waals surface area contributed by atoms with E-state index in [-0.39, 0.29) is 5.91 Å². The fraction of sp³-hybridized carbons (Fsp3) is 0.0909. The lowest BCUT2D eigenvalue weighted by molar-refractivity contribution is -0.122. The van der Waals surface area contributed by atoms with E-state index < -0.39 is 6.10 Å². The number of anilines is 1. The van der Waals surface area contributed by atoms with Gasteiger partial charge in [0.25, 0.3) is 5.91 Å². The number of ether oxygens (including phenoxy) is 1. The molecule has 27 heavy (non-hydrogen) atoms. The van der Waals surface area contributed by atoms with E-state index in [1.165, 1.54) is 0 Å². The van der Waals surface area contributed by atoms with Gasteiger partial charge >= 0.3 is 0 Å². The molecule has 0 spiro atoms. The van der Waals surface area contributed by atoms with Crippen molar-refractivity contribution in [3.05, 3.63) is 84.4 Å². The molecule has 1 amide bonds. The number of amides is 1. The second-order valence-corrected chi connectivity index (χ2v) is 6.92. The summed E-state index contributed by atoms with van der Waals surface area (Å²) in [6.45, 7) is 1.68. The number of carbonyl (C=O) groups is 1. The molecule has 0 aliphatic heterocycles. The molecule has 0 radical (unpaired) electrons. The minimum Gasteiger partial charge on any atom is -0.481 e. The summed E-state index contributed by atoms with van der Waals surface area (Å²) < 4.78 is 5.68. The Morgan fingerprint density at radius 3 is 2.56 bits per heavy atom. The number of nitrogens with zero attached hydrogens (tertiary/aromatic N) is 1. The molecule has 134 valence electrons. The molecule has 4 nitrogen and oxygen atoms in total. The molecule has 3 aromatic carbocycles. The Hall–Kier alpha value is -3.23. The lowest BCUT2D eigenvalue weighted by atomic mass is 10.2. The highest BCUT2D eigenvalue weighted by Crippen LogP contribution is 2.33. The SMILES string of the molecule is CC(Oc1cccc(C#N)c1)C(=O)Nc1ccccc1Sc1ccccc1. The van der Waals surface area contributed by atoms with E-state index in [9.17, 15) is 4.79 Å². The van der Waals surface area contributed by atoms with E-state index in [1.807, 2.05) is 54.6 Å². The lowest BCUT2D eigenvalue weighted by Crippen LogP contribution is -2.30. The third-order valence-corrected chi connectivity index (χ3v) is 4.84. The van der Waals surface area contributed by atoms with Crippen molar-refractivity contribution >= 4 is 23.4 Å². The van der Waals surface area contributed by atoms with Gasteiger partial charge in [-0.25, -0.2) is 0 Å². The van der Waals surface area contributed by atoms with Crippen LogP contribution in [-0.4, -0.2) is 12.0 Å². The highest BCUT2D eigenvalue weighted by atomic mass is 32.2. The fourth-order valence-electron chi connectivity index (χ4n) is 2.41. The number of carbonyl (C=O) groups excluding carboxylic acids is 1. The summed E-state index contributed by atoms with van der Waals surface area (Å²) in [6, 6.07) is 26.4. The first-order valence-electron chi connectivity index (χ1n) is 8.45. The molecule has 0 bridgehead atoms. The predicted octanol–water partition coefficient (Wildman–Crippen LogP) is 5.12. The fourth-order valence-corrected chi connectivity index (χ4v) is 3.33. The summed E-state index contributed by atoms with van der Waals surface area (Å²) in [7, 11) is 0. The number of nitriles is 1. The van der Waals surface area contributed by atoms with Crippen molar-refractivity contribution in [3.8, 4) is 11.8 Å². The summed E-state index contributed by atoms with van der Waals surface area (Å²) in [6.07, 6.45) is -0.700. The van der Waals surface area contributed by atoms with Crippen molar-refractivity contribution in [2.24, 2.45) is 0 Å². The summed E-state index contributed by atoms with van der Waals surface area (Å²) in [4.78, 5) is 14.6. The van der Waals surface area contributed by atoms with Crippen LogP contribution in [0.1, 0.15) is 12.5 Å². The van der Waals surface area contributed by atoms with Crippen molar-refractivity contribution in [3.63, 3.8) is 0 Å². The number of hydrogen-bond acceptors (Lipinski definition) is 4. The van der Waals surface area contributed by atoms with Crippen LogP contribution in [0, 0.1) is 11.3 Å². The van der Waals surface area contributed by atoms with Crippen LogP contribution in [0.5, 0.6) is 5.75 Å². The van der Waals surface area contributed by atoms with Crippen molar-refractivity contribution < 1.29 is 9.53 Å². The Bertz CT molecular complexity index is 967. The smallest absolute Gasteiger partial charge is 0.265 e. The maximum atomic E-state index is 12.6. The van der Waals surface area contributed by atoms with Gasteiger partial charge in [-0.05, 0) is 49.4 Å². The van der Waals surface area contributed by atoms with E-state index in [1.54, 1.807) is 43.0 Å². The van der Waals surface area contributed by atoms with Gasteiger partial charge < -0.3 is 10.1 Å². The van der Waals surface area contributed by atoms with Crippen LogP contribution in [0.25, 0.3) is 0 Å². The zero-order valence-electron chi connectivity index (χ0n) is 14.8. The molecule has 1 atom stereocenters. The van der Waals surface area contributed by atoms with Crippen molar-refractivity contribution in [2.45, 2.75) is 22.8 Å². The van der Waals surface area contributed by atoms with E-state index in [2.05, 4.69) is 11.4 Å². The van der Waals surface area contributed by atoms with E-state index >= 15 is 0 Å². The standard InChI is InChI=1S/C22H18N2O2S/c1-16(26-18-9-7-8-17(14-18)15-23)22(25)24-20-12-5-6-13-21(20)27-19-10-3-2-4-11-19/h2-14,16H,1H3,(H,24,25). The predicted molar refractivity (Wildman–Crippen MR) is 107 cm³/mol. The van der Waals surface area contributed by atoms with Crippen LogP contribution in [0.4, 0.5) is 5.69 Å². The molecule has 0 saturated carbocycles. The molecular formula is C22H18N2O2S. The van der Waals surface area contributed by atoms with E-state index in [4.69, 9.17) is 10.00 Å². The average Bonchev–Trinajstić information content (AvgIpc) is 2.70. The van der Waals surface area contributed by atoms with Crippen molar-refractivity contribution in [2.75, 3.05) is 5.32 Å². The van der Waals surface area contributed by atoms with Gasteiger partial charge in [-0.1, -0.05) is 48.2 Å². The Morgan fingerprint density at radius 1 is 1.04 bits per heavy atom. The van der Waals surface area contributed by atoms with Crippen LogP contribution < -0.4 is 10.1 Å². The largest absolute Gasteiger partial charge is 0.481 e. The Balaban J connectivity index is 1.69. The monoisotopic (exact) mass is 374 g/mol. The van der Waals surface area contributed by atoms with Crippen LogP contribution in [0.3, 0.4) is 0 Å². The van der Waals surface area contributed by atoms with E-state index in [0.717, 1.165) is 15.5 Å². The third-order valence-electron chi connectivity index (χ3n) is 3.76. The van der Waals surface area contributed by atoms with Crippen molar-refractivity contribution in [1.29, 1.82) is 5.26 Å². The molecule has 0 aliphatic rings. The number of rotatable bonds is 6. The zero-order chi connectivity index (χ0) is 19.1. The first kappa shape index (κ1) is 18.6. The lowest BCUT2D eigenvalue weighted by Gasteiger charge is -2.16. The highest BCUT2D eigenvalue weighted by molar-refractivity contribution is 7.99. The summed E-state index contributed by atoms with van der Waals surface area (Å²) in [5, 5.41) is 11.9. The minimum absolute atomic E-state index is 0.251. The quantitative estimate of drug-likeness (QED) is 0.651. The molecule has 5 heteroatoms. The van der Waals surface area contributed by atoms with Crippen LogP contribution in [0.2, 0.25) is 0 Å². The van der Waals surface area contributed by atoms with Crippen LogP contribution in [0.15, 0.2) is 88.7 Å². The molecule has 0 aromatic heterocycles. The molecule has 0 fully saturated rings. The second-order valence-electron chi connectivity index (χ2n) is 5.80. The van der Waals surface area contributed by atoms with Crippen molar-refractivity contribution in [1.82, 2.24) is 0 Å². The summed E-state index contributed by atoms with van der Waals surface area (Å²) in [5.41, 5.74) is 1.22. The Labute approximate surface area is 162 Å². The molecule has 3 rings (SSSR count). The van der Waals surface area contributed by atoms with Gasteiger partial charge in [-0.3, -0.25) is 4.79 Å². The van der Waals surface area contributed by atoms with Gasteiger partial charge in [0.15, 0.2) is 6.10 Å². The van der Waals surface area contributed by atoms with Gasteiger partial charge in [0.05, 0.1) is 17.3 Å². The first-order valence-corrected chi connectivity index (χ1v) is 9.27. The van der Waals surface area contributed by atoms with Gasteiger partial charge in [0.2, 0.25) is 0 Å². The molecule has 0 heterocycles. The topological polar surface area (TPSA) is 62.1 Å². The minimum atomic E-state index is -0.700. The highest BCUT2D eigenvalue weighted by Gasteiger charge is 2.16. The average molecular weight is 374 g/mol. The Kier molecular flexibility index (Phi) is 6.14. The molecule has 3 aromatic rings. The number of benzene rings is 3. The summed E-state index contributed by atoms with van der Waals surface area (Å²) >= 11 is 1.59. The van der Waals surface area contributed by atoms with E-state index in [0.29, 0.717) is 11.3 Å². The van der Waals surface area contributed by atoms with Gasteiger partial charge in [-0.2, -0.15) is 5.26 Å². The molecular weight excluding hydrogens is 356 g/mol. The van der Waals surface area contributed by atoms with Gasteiger partial charge in [0.1, 0.15) is 5.75 Å². The van der Waals surface area contributed by atoms with Gasteiger partial charge in [-0.15, -0.1) is 0 Å². The number of nitrogens with one attached hydrogen (secondary N) is 1. The number of para-hydroxylation sites is 1. The van der Waals surface area contributed by atoms with Gasteiger partial charge in [0, 0.05) is 9.79 Å².